The Labute approximate surface area is 85.2 Å². The molecule has 1 aliphatic heterocycles. The second kappa shape index (κ2) is 3.07. The predicted molar refractivity (Wildman–Crippen MR) is 57.3 cm³/mol. The van der Waals surface area contributed by atoms with E-state index in [1.165, 1.54) is 11.1 Å². The normalized spacial score (nSPS) is 20.6. The van der Waals surface area contributed by atoms with E-state index in [2.05, 4.69) is 36.9 Å². The monoisotopic (exact) mass is 191 g/mol. The number of nitrogens with zero attached hydrogens (tertiary/aromatic N) is 1. The Balaban J connectivity index is 2.33. The number of β-amino-alcohol motifs (C(OH)–C–C–N with tert-alkyl or cyclic N) is 1. The number of benzene rings is 1. The van der Waals surface area contributed by atoms with Gasteiger partial charge in [0.05, 0.1) is 0 Å². The van der Waals surface area contributed by atoms with Crippen molar-refractivity contribution < 1.29 is 5.11 Å². The first-order chi connectivity index (χ1) is 6.51. The largest absolute Gasteiger partial charge is 0.382 e. The number of likely N-dealkylation sites (N-methyl/N-ethyl adjacent to an activating group) is 1. The van der Waals surface area contributed by atoms with E-state index in [0.717, 1.165) is 18.7 Å². The van der Waals surface area contributed by atoms with Crippen molar-refractivity contribution in [2.24, 2.45) is 0 Å². The number of aliphatic hydroxyl groups is 1. The zero-order valence-electron chi connectivity index (χ0n) is 9.04. The number of likely N-dealkylation sites (tertiary alicyclic amines) is 1. The van der Waals surface area contributed by atoms with Crippen LogP contribution >= 0.6 is 0 Å². The third kappa shape index (κ3) is 1.45. The van der Waals surface area contributed by atoms with Crippen molar-refractivity contribution in [3.8, 4) is 0 Å². The molecule has 1 N–H and O–H groups in total. The van der Waals surface area contributed by atoms with Crippen LogP contribution in [0.4, 0.5) is 0 Å². The lowest BCUT2D eigenvalue weighted by molar-refractivity contribution is -0.0922. The molecule has 1 aromatic carbocycles. The highest BCUT2D eigenvalue weighted by Crippen LogP contribution is 2.32. The number of hydrogen-bond acceptors (Lipinski definition) is 2. The van der Waals surface area contributed by atoms with E-state index in [1.54, 1.807) is 0 Å². The molecule has 14 heavy (non-hydrogen) atoms. The summed E-state index contributed by atoms with van der Waals surface area (Å²) in [4.78, 5) is 2.12. The molecule has 0 radical (unpaired) electrons. The maximum absolute atomic E-state index is 10.3. The van der Waals surface area contributed by atoms with Crippen LogP contribution in [-0.2, 0) is 5.60 Å². The second-order valence-electron chi connectivity index (χ2n) is 4.52. The summed E-state index contributed by atoms with van der Waals surface area (Å²) in [6, 6.07) is 6.25. The average molecular weight is 191 g/mol. The summed E-state index contributed by atoms with van der Waals surface area (Å²) in [5.74, 6) is 0. The van der Waals surface area contributed by atoms with Crippen molar-refractivity contribution in [3.63, 3.8) is 0 Å². The number of hydrogen-bond donors (Lipinski definition) is 1. The quantitative estimate of drug-likeness (QED) is 0.726. The van der Waals surface area contributed by atoms with Crippen LogP contribution in [0.15, 0.2) is 18.2 Å². The van der Waals surface area contributed by atoms with E-state index in [-0.39, 0.29) is 0 Å². The third-order valence-corrected chi connectivity index (χ3v) is 2.95. The van der Waals surface area contributed by atoms with Crippen molar-refractivity contribution in [1.82, 2.24) is 4.90 Å². The van der Waals surface area contributed by atoms with Crippen molar-refractivity contribution >= 4 is 0 Å². The van der Waals surface area contributed by atoms with Crippen LogP contribution in [0.1, 0.15) is 16.7 Å². The van der Waals surface area contributed by atoms with E-state index in [9.17, 15) is 5.11 Å². The van der Waals surface area contributed by atoms with E-state index in [0.29, 0.717) is 0 Å². The highest BCUT2D eigenvalue weighted by atomic mass is 16.3. The van der Waals surface area contributed by atoms with Gasteiger partial charge < -0.3 is 5.11 Å². The molecule has 0 atom stereocenters. The molecular formula is C12H17NO. The van der Waals surface area contributed by atoms with Crippen LogP contribution in [0.25, 0.3) is 0 Å². The molecule has 2 nitrogen and oxygen atoms in total. The summed E-state index contributed by atoms with van der Waals surface area (Å²) >= 11 is 0. The minimum Gasteiger partial charge on any atom is -0.382 e. The lowest BCUT2D eigenvalue weighted by Crippen LogP contribution is -2.57. The van der Waals surface area contributed by atoms with Gasteiger partial charge in [0.15, 0.2) is 0 Å². The molecule has 0 spiro atoms. The maximum Gasteiger partial charge on any atom is 0.115 e. The fourth-order valence-electron chi connectivity index (χ4n) is 2.35. The summed E-state index contributed by atoms with van der Waals surface area (Å²) in [6.07, 6.45) is 0. The lowest BCUT2D eigenvalue weighted by atomic mass is 9.83. The molecule has 0 unspecified atom stereocenters. The zero-order chi connectivity index (χ0) is 10.3. The first-order valence-electron chi connectivity index (χ1n) is 5.00. The zero-order valence-corrected chi connectivity index (χ0v) is 9.04. The Morgan fingerprint density at radius 3 is 2.43 bits per heavy atom. The summed E-state index contributed by atoms with van der Waals surface area (Å²) in [6.45, 7) is 5.64. The van der Waals surface area contributed by atoms with Gasteiger partial charge in [-0.2, -0.15) is 0 Å². The Bertz CT molecular complexity index is 353. The minimum atomic E-state index is -0.605. The van der Waals surface area contributed by atoms with Crippen molar-refractivity contribution in [1.29, 1.82) is 0 Å². The average Bonchev–Trinajstić information content (AvgIpc) is 2.00. The molecule has 1 aromatic rings. The smallest absolute Gasteiger partial charge is 0.115 e. The maximum atomic E-state index is 10.3. The lowest BCUT2D eigenvalue weighted by Gasteiger charge is -2.45. The topological polar surface area (TPSA) is 23.5 Å². The molecule has 0 amide bonds. The van der Waals surface area contributed by atoms with Crippen LogP contribution in [0, 0.1) is 13.8 Å². The summed E-state index contributed by atoms with van der Waals surface area (Å²) < 4.78 is 0. The van der Waals surface area contributed by atoms with Gasteiger partial charge in [-0.25, -0.2) is 0 Å². The van der Waals surface area contributed by atoms with Crippen molar-refractivity contribution in [2.45, 2.75) is 19.4 Å². The Morgan fingerprint density at radius 1 is 1.29 bits per heavy atom. The van der Waals surface area contributed by atoms with Crippen LogP contribution in [0.5, 0.6) is 0 Å². The van der Waals surface area contributed by atoms with Gasteiger partial charge >= 0.3 is 0 Å². The van der Waals surface area contributed by atoms with Crippen molar-refractivity contribution in [3.05, 3.63) is 34.9 Å². The first kappa shape index (κ1) is 9.69. The van der Waals surface area contributed by atoms with Gasteiger partial charge in [-0.05, 0) is 32.0 Å². The fourth-order valence-corrected chi connectivity index (χ4v) is 2.35. The molecular weight excluding hydrogens is 174 g/mol. The van der Waals surface area contributed by atoms with Crippen molar-refractivity contribution in [2.75, 3.05) is 20.1 Å². The minimum absolute atomic E-state index is 0.605. The molecule has 2 heteroatoms. The number of aryl methyl sites for hydroxylation is 2. The van der Waals surface area contributed by atoms with Gasteiger partial charge in [-0.3, -0.25) is 4.90 Å². The van der Waals surface area contributed by atoms with Crippen LogP contribution in [-0.4, -0.2) is 30.1 Å². The molecule has 0 saturated carbocycles. The van der Waals surface area contributed by atoms with Gasteiger partial charge in [0.25, 0.3) is 0 Å². The molecule has 0 aromatic heterocycles. The molecule has 2 rings (SSSR count). The van der Waals surface area contributed by atoms with Gasteiger partial charge in [0.2, 0.25) is 0 Å². The Hall–Kier alpha value is -0.860. The van der Waals surface area contributed by atoms with E-state index >= 15 is 0 Å². The SMILES string of the molecule is Cc1ccc(C2(O)CN(C)C2)c(C)c1. The molecule has 1 aliphatic rings. The highest BCUT2D eigenvalue weighted by Gasteiger charge is 2.41. The van der Waals surface area contributed by atoms with Gasteiger partial charge in [0.1, 0.15) is 5.60 Å². The Morgan fingerprint density at radius 2 is 1.93 bits per heavy atom. The number of rotatable bonds is 1. The highest BCUT2D eigenvalue weighted by molar-refractivity contribution is 5.36. The Kier molecular flexibility index (Phi) is 2.13. The molecule has 76 valence electrons. The second-order valence-corrected chi connectivity index (χ2v) is 4.52. The summed E-state index contributed by atoms with van der Waals surface area (Å²) in [5, 5.41) is 10.3. The summed E-state index contributed by atoms with van der Waals surface area (Å²) in [5.41, 5.74) is 2.93. The third-order valence-electron chi connectivity index (χ3n) is 2.95. The van der Waals surface area contributed by atoms with Gasteiger partial charge in [-0.1, -0.05) is 23.8 Å². The van der Waals surface area contributed by atoms with Gasteiger partial charge in [0, 0.05) is 13.1 Å². The molecule has 1 heterocycles. The van der Waals surface area contributed by atoms with Crippen LogP contribution < -0.4 is 0 Å². The predicted octanol–water partition coefficient (Wildman–Crippen LogP) is 1.44. The fraction of sp³-hybridized carbons (Fsp3) is 0.500. The molecule has 0 aliphatic carbocycles. The standard InChI is InChI=1S/C12H17NO/c1-9-4-5-11(10(2)6-9)12(14)7-13(3)8-12/h4-6,14H,7-8H2,1-3H3. The summed E-state index contributed by atoms with van der Waals surface area (Å²) in [7, 11) is 2.03. The van der Waals surface area contributed by atoms with E-state index in [1.807, 2.05) is 7.05 Å². The van der Waals surface area contributed by atoms with Crippen LogP contribution in [0.2, 0.25) is 0 Å². The van der Waals surface area contributed by atoms with E-state index in [4.69, 9.17) is 0 Å². The molecule has 1 saturated heterocycles. The van der Waals surface area contributed by atoms with Crippen LogP contribution in [0.3, 0.4) is 0 Å². The molecule has 0 bridgehead atoms. The van der Waals surface area contributed by atoms with Gasteiger partial charge in [-0.15, -0.1) is 0 Å². The first-order valence-corrected chi connectivity index (χ1v) is 5.00. The van der Waals surface area contributed by atoms with E-state index < -0.39 is 5.60 Å². The molecule has 1 fully saturated rings.